The molecule has 3 nitrogen and oxygen atoms in total. The van der Waals surface area contributed by atoms with Crippen molar-refractivity contribution in [3.8, 4) is 0 Å². The summed E-state index contributed by atoms with van der Waals surface area (Å²) in [5, 5.41) is 19.0. The SMILES string of the molecule is [CH2]N(C(O)C(C)C)C(O)C(C)C. The molecule has 2 unspecified atom stereocenters. The van der Waals surface area contributed by atoms with Gasteiger partial charge in [0.25, 0.3) is 0 Å². The van der Waals surface area contributed by atoms with Gasteiger partial charge in [-0.2, -0.15) is 0 Å². The topological polar surface area (TPSA) is 43.7 Å². The molecule has 0 heterocycles. The highest BCUT2D eigenvalue weighted by atomic mass is 16.3. The molecule has 0 saturated carbocycles. The molecule has 0 aromatic heterocycles. The molecule has 1 radical (unpaired) electrons. The van der Waals surface area contributed by atoms with Gasteiger partial charge >= 0.3 is 0 Å². The summed E-state index contributed by atoms with van der Waals surface area (Å²) in [6, 6.07) is 0. The molecule has 0 spiro atoms. The molecule has 2 N–H and O–H groups in total. The predicted octanol–water partition coefficient (Wildman–Crippen LogP) is 1.03. The van der Waals surface area contributed by atoms with Crippen LogP contribution in [0.3, 0.4) is 0 Å². The summed E-state index contributed by atoms with van der Waals surface area (Å²) in [7, 11) is 3.61. The molecule has 0 aliphatic rings. The molecule has 0 aromatic carbocycles. The summed E-state index contributed by atoms with van der Waals surface area (Å²) in [6.07, 6.45) is -1.36. The van der Waals surface area contributed by atoms with Gasteiger partial charge in [-0.15, -0.1) is 0 Å². The normalized spacial score (nSPS) is 17.5. The lowest BCUT2D eigenvalue weighted by atomic mass is 10.1. The van der Waals surface area contributed by atoms with E-state index < -0.39 is 12.5 Å². The molecule has 0 aliphatic carbocycles. The highest BCUT2D eigenvalue weighted by Gasteiger charge is 2.23. The molecule has 0 fully saturated rings. The summed E-state index contributed by atoms with van der Waals surface area (Å²) in [6.45, 7) is 7.54. The Hall–Kier alpha value is -0.120. The van der Waals surface area contributed by atoms with Crippen LogP contribution in [0.5, 0.6) is 0 Å². The van der Waals surface area contributed by atoms with E-state index >= 15 is 0 Å². The monoisotopic (exact) mass is 174 g/mol. The zero-order valence-electron chi connectivity index (χ0n) is 8.36. The molecule has 73 valence electrons. The zero-order valence-corrected chi connectivity index (χ0v) is 8.36. The maximum atomic E-state index is 9.52. The fourth-order valence-corrected chi connectivity index (χ4v) is 0.922. The van der Waals surface area contributed by atoms with Gasteiger partial charge in [-0.1, -0.05) is 27.7 Å². The molecule has 12 heavy (non-hydrogen) atoms. The highest BCUT2D eigenvalue weighted by Crippen LogP contribution is 2.13. The van der Waals surface area contributed by atoms with E-state index in [4.69, 9.17) is 0 Å². The van der Waals surface area contributed by atoms with E-state index in [9.17, 15) is 10.2 Å². The van der Waals surface area contributed by atoms with Gasteiger partial charge in [0.2, 0.25) is 0 Å². The second-order valence-corrected chi connectivity index (χ2v) is 3.83. The molecule has 0 saturated heterocycles. The lowest BCUT2D eigenvalue weighted by Crippen LogP contribution is -2.43. The summed E-state index contributed by atoms with van der Waals surface area (Å²) in [5.74, 6) is 0.159. The van der Waals surface area contributed by atoms with Crippen LogP contribution in [0.2, 0.25) is 0 Å². The standard InChI is InChI=1S/C9H20NO2/c1-6(2)8(11)10(5)9(12)7(3)4/h6-9,11-12H,5H2,1-4H3. The molecular formula is C9H20NO2. The van der Waals surface area contributed by atoms with E-state index in [1.54, 1.807) is 0 Å². The van der Waals surface area contributed by atoms with E-state index in [0.29, 0.717) is 0 Å². The summed E-state index contributed by atoms with van der Waals surface area (Å²) >= 11 is 0. The Balaban J connectivity index is 4.08. The van der Waals surface area contributed by atoms with Gasteiger partial charge in [0.15, 0.2) is 0 Å². The fourth-order valence-electron chi connectivity index (χ4n) is 0.922. The van der Waals surface area contributed by atoms with Crippen LogP contribution >= 0.6 is 0 Å². The second-order valence-electron chi connectivity index (χ2n) is 3.83. The minimum Gasteiger partial charge on any atom is -0.378 e. The molecular weight excluding hydrogens is 154 g/mol. The minimum atomic E-state index is -0.678. The maximum Gasteiger partial charge on any atom is 0.111 e. The van der Waals surface area contributed by atoms with Gasteiger partial charge in [-0.3, -0.25) is 4.90 Å². The van der Waals surface area contributed by atoms with Gasteiger partial charge in [-0.05, 0) is 11.8 Å². The summed E-state index contributed by atoms with van der Waals surface area (Å²) in [5.41, 5.74) is 0. The van der Waals surface area contributed by atoms with Crippen LogP contribution in [0.15, 0.2) is 0 Å². The minimum absolute atomic E-state index is 0.0795. The Kier molecular flexibility index (Phi) is 4.75. The van der Waals surface area contributed by atoms with E-state index in [1.165, 1.54) is 4.90 Å². The quantitative estimate of drug-likeness (QED) is 0.626. The smallest absolute Gasteiger partial charge is 0.111 e. The Morgan fingerprint density at radius 3 is 1.33 bits per heavy atom. The number of aliphatic hydroxyl groups is 2. The first-order valence-electron chi connectivity index (χ1n) is 4.33. The van der Waals surface area contributed by atoms with Gasteiger partial charge in [-0.25, -0.2) is 0 Å². The summed E-state index contributed by atoms with van der Waals surface area (Å²) in [4.78, 5) is 1.34. The third kappa shape index (κ3) is 3.09. The van der Waals surface area contributed by atoms with Crippen molar-refractivity contribution in [3.63, 3.8) is 0 Å². The van der Waals surface area contributed by atoms with Gasteiger partial charge in [0.05, 0.1) is 0 Å². The van der Waals surface area contributed by atoms with Crippen LogP contribution in [-0.4, -0.2) is 27.6 Å². The lowest BCUT2D eigenvalue weighted by Gasteiger charge is -2.32. The number of aliphatic hydroxyl groups excluding tert-OH is 2. The van der Waals surface area contributed by atoms with Gasteiger partial charge in [0, 0.05) is 7.05 Å². The first kappa shape index (κ1) is 11.9. The number of nitrogens with zero attached hydrogens (tertiary/aromatic N) is 1. The van der Waals surface area contributed by atoms with Crippen molar-refractivity contribution in [3.05, 3.63) is 7.05 Å². The average Bonchev–Trinajstić information content (AvgIpc) is 2.00. The Bertz CT molecular complexity index is 112. The number of rotatable bonds is 4. The maximum absolute atomic E-state index is 9.52. The van der Waals surface area contributed by atoms with Crippen LogP contribution in [0.4, 0.5) is 0 Å². The van der Waals surface area contributed by atoms with Crippen molar-refractivity contribution in [2.24, 2.45) is 11.8 Å². The summed E-state index contributed by atoms with van der Waals surface area (Å²) < 4.78 is 0. The van der Waals surface area contributed by atoms with Crippen LogP contribution in [-0.2, 0) is 0 Å². The first-order chi connectivity index (χ1) is 5.37. The number of hydrogen-bond donors (Lipinski definition) is 2. The Morgan fingerprint density at radius 2 is 1.17 bits per heavy atom. The predicted molar refractivity (Wildman–Crippen MR) is 48.9 cm³/mol. The van der Waals surface area contributed by atoms with Crippen molar-refractivity contribution in [1.29, 1.82) is 0 Å². The molecule has 0 aliphatic heterocycles. The first-order valence-corrected chi connectivity index (χ1v) is 4.33. The van der Waals surface area contributed by atoms with E-state index in [-0.39, 0.29) is 11.8 Å². The van der Waals surface area contributed by atoms with Crippen molar-refractivity contribution >= 4 is 0 Å². The Labute approximate surface area is 75.0 Å². The highest BCUT2D eigenvalue weighted by molar-refractivity contribution is 4.68. The second kappa shape index (κ2) is 4.80. The van der Waals surface area contributed by atoms with Crippen molar-refractivity contribution in [2.75, 3.05) is 0 Å². The third-order valence-electron chi connectivity index (χ3n) is 1.87. The molecule has 0 rings (SSSR count). The van der Waals surface area contributed by atoms with Gasteiger partial charge < -0.3 is 10.2 Å². The zero-order chi connectivity index (χ0) is 9.89. The van der Waals surface area contributed by atoms with Crippen molar-refractivity contribution in [1.82, 2.24) is 4.90 Å². The molecule has 3 heteroatoms. The lowest BCUT2D eigenvalue weighted by molar-refractivity contribution is -0.110. The van der Waals surface area contributed by atoms with Crippen LogP contribution in [0, 0.1) is 18.9 Å². The van der Waals surface area contributed by atoms with Crippen molar-refractivity contribution < 1.29 is 10.2 Å². The fraction of sp³-hybridized carbons (Fsp3) is 0.889. The van der Waals surface area contributed by atoms with E-state index in [0.717, 1.165) is 0 Å². The molecule has 0 amide bonds. The molecule has 0 aromatic rings. The van der Waals surface area contributed by atoms with Crippen LogP contribution in [0.25, 0.3) is 0 Å². The molecule has 2 atom stereocenters. The average molecular weight is 174 g/mol. The largest absolute Gasteiger partial charge is 0.378 e. The van der Waals surface area contributed by atoms with E-state index in [1.807, 2.05) is 27.7 Å². The van der Waals surface area contributed by atoms with E-state index in [2.05, 4.69) is 7.05 Å². The van der Waals surface area contributed by atoms with Crippen molar-refractivity contribution in [2.45, 2.75) is 40.2 Å². The molecule has 0 bridgehead atoms. The van der Waals surface area contributed by atoms with Crippen LogP contribution in [0.1, 0.15) is 27.7 Å². The number of hydrogen-bond acceptors (Lipinski definition) is 3. The van der Waals surface area contributed by atoms with Gasteiger partial charge in [0.1, 0.15) is 12.5 Å². The Morgan fingerprint density at radius 1 is 0.917 bits per heavy atom. The third-order valence-corrected chi connectivity index (χ3v) is 1.87. The van der Waals surface area contributed by atoms with Crippen LogP contribution < -0.4 is 0 Å².